The van der Waals surface area contributed by atoms with Crippen molar-refractivity contribution < 1.29 is 4.42 Å². The summed E-state index contributed by atoms with van der Waals surface area (Å²) in [5.74, 6) is 2.60. The molecule has 0 saturated heterocycles. The molecule has 0 fully saturated rings. The maximum atomic E-state index is 5.68. The predicted molar refractivity (Wildman–Crippen MR) is 66.2 cm³/mol. The molecule has 16 heavy (non-hydrogen) atoms. The summed E-state index contributed by atoms with van der Waals surface area (Å²) in [5, 5.41) is 0. The molecule has 1 aromatic heterocycles. The summed E-state index contributed by atoms with van der Waals surface area (Å²) in [6, 6.07) is 0. The first-order valence-electron chi connectivity index (χ1n) is 6.12. The minimum Gasteiger partial charge on any atom is -0.468 e. The van der Waals surface area contributed by atoms with Crippen molar-refractivity contribution in [2.75, 3.05) is 0 Å². The van der Waals surface area contributed by atoms with Crippen LogP contribution in [0.2, 0.25) is 0 Å². The van der Waals surface area contributed by atoms with Gasteiger partial charge < -0.3 is 4.42 Å². The van der Waals surface area contributed by atoms with Gasteiger partial charge in [0.15, 0.2) is 0 Å². The summed E-state index contributed by atoms with van der Waals surface area (Å²) in [6.45, 7) is 6.69. The third kappa shape index (κ3) is 1.31. The third-order valence-electron chi connectivity index (χ3n) is 4.01. The van der Waals surface area contributed by atoms with E-state index in [9.17, 15) is 0 Å². The highest BCUT2D eigenvalue weighted by Crippen LogP contribution is 2.45. The average molecular weight is 214 g/mol. The van der Waals surface area contributed by atoms with Crippen molar-refractivity contribution in [3.05, 3.63) is 40.9 Å². The van der Waals surface area contributed by atoms with Crippen molar-refractivity contribution in [3.63, 3.8) is 0 Å². The highest BCUT2D eigenvalue weighted by atomic mass is 16.3. The smallest absolute Gasteiger partial charge is 0.111 e. The Morgan fingerprint density at radius 2 is 2.12 bits per heavy atom. The predicted octanol–water partition coefficient (Wildman–Crippen LogP) is 4.13. The molecule has 1 aromatic rings. The molecule has 1 nitrogen and oxygen atoms in total. The summed E-state index contributed by atoms with van der Waals surface area (Å²) in [5.41, 5.74) is 5.61. The standard InChI is InChI=1S/C15H18O/c1-9-4-5-12-10(2)7-14-15(13(12)6-9)11(3)8-16-14/h4,6,8,10,12H,5,7H2,1-3H3/t10-,12?/m1/s1. The topological polar surface area (TPSA) is 13.1 Å². The minimum atomic E-state index is 0.701. The zero-order valence-electron chi connectivity index (χ0n) is 10.2. The Hall–Kier alpha value is -1.24. The van der Waals surface area contributed by atoms with Crippen LogP contribution in [0.3, 0.4) is 0 Å². The summed E-state index contributed by atoms with van der Waals surface area (Å²) in [7, 11) is 0. The monoisotopic (exact) mass is 214 g/mol. The maximum Gasteiger partial charge on any atom is 0.111 e. The highest BCUT2D eigenvalue weighted by molar-refractivity contribution is 5.76. The van der Waals surface area contributed by atoms with E-state index >= 15 is 0 Å². The Labute approximate surface area is 96.8 Å². The van der Waals surface area contributed by atoms with Crippen molar-refractivity contribution in [1.29, 1.82) is 0 Å². The normalized spacial score (nSPS) is 27.9. The van der Waals surface area contributed by atoms with Crippen molar-refractivity contribution in [2.24, 2.45) is 11.8 Å². The Morgan fingerprint density at radius 3 is 2.94 bits per heavy atom. The summed E-state index contributed by atoms with van der Waals surface area (Å²) in [4.78, 5) is 0. The molecule has 0 spiro atoms. The van der Waals surface area contributed by atoms with Gasteiger partial charge in [-0.05, 0) is 43.2 Å². The molecule has 2 aliphatic carbocycles. The molecule has 1 heteroatoms. The summed E-state index contributed by atoms with van der Waals surface area (Å²) < 4.78 is 5.68. The molecule has 2 aliphatic rings. The van der Waals surface area contributed by atoms with Gasteiger partial charge in [0, 0.05) is 12.0 Å². The molecule has 1 unspecified atom stereocenters. The van der Waals surface area contributed by atoms with Gasteiger partial charge in [-0.25, -0.2) is 0 Å². The largest absolute Gasteiger partial charge is 0.468 e. The molecule has 0 radical (unpaired) electrons. The molecule has 0 N–H and O–H groups in total. The van der Waals surface area contributed by atoms with Gasteiger partial charge in [0.2, 0.25) is 0 Å². The maximum absolute atomic E-state index is 5.68. The Bertz CT molecular complexity index is 488. The van der Waals surface area contributed by atoms with E-state index in [1.54, 1.807) is 0 Å². The number of hydrogen-bond acceptors (Lipinski definition) is 1. The second kappa shape index (κ2) is 3.38. The van der Waals surface area contributed by atoms with Crippen LogP contribution in [0.15, 0.2) is 28.4 Å². The number of aryl methyl sites for hydroxylation is 1. The van der Waals surface area contributed by atoms with Gasteiger partial charge in [0.1, 0.15) is 5.76 Å². The van der Waals surface area contributed by atoms with E-state index in [0.717, 1.165) is 6.42 Å². The molecule has 0 saturated carbocycles. The van der Waals surface area contributed by atoms with Crippen LogP contribution in [-0.2, 0) is 6.42 Å². The zero-order chi connectivity index (χ0) is 11.3. The molecular formula is C15H18O. The van der Waals surface area contributed by atoms with Crippen molar-refractivity contribution in [1.82, 2.24) is 0 Å². The fourth-order valence-corrected chi connectivity index (χ4v) is 3.12. The summed E-state index contributed by atoms with van der Waals surface area (Å²) >= 11 is 0. The first-order valence-corrected chi connectivity index (χ1v) is 6.12. The molecule has 84 valence electrons. The Balaban J connectivity index is 2.19. The number of allylic oxidation sites excluding steroid dienone is 4. The van der Waals surface area contributed by atoms with Crippen LogP contribution in [0.25, 0.3) is 5.57 Å². The van der Waals surface area contributed by atoms with Crippen molar-refractivity contribution >= 4 is 5.57 Å². The van der Waals surface area contributed by atoms with E-state index in [1.807, 2.05) is 6.26 Å². The molecule has 0 bridgehead atoms. The van der Waals surface area contributed by atoms with Crippen LogP contribution in [0.1, 0.15) is 37.2 Å². The van der Waals surface area contributed by atoms with E-state index in [0.29, 0.717) is 11.8 Å². The van der Waals surface area contributed by atoms with Crippen LogP contribution in [0, 0.1) is 18.8 Å². The van der Waals surface area contributed by atoms with E-state index in [4.69, 9.17) is 4.42 Å². The first-order chi connectivity index (χ1) is 7.66. The first kappa shape index (κ1) is 9.95. The fourth-order valence-electron chi connectivity index (χ4n) is 3.12. The van der Waals surface area contributed by atoms with E-state index in [2.05, 4.69) is 32.9 Å². The van der Waals surface area contributed by atoms with E-state index < -0.39 is 0 Å². The van der Waals surface area contributed by atoms with Gasteiger partial charge >= 0.3 is 0 Å². The molecule has 0 amide bonds. The molecule has 0 aliphatic heterocycles. The van der Waals surface area contributed by atoms with Crippen LogP contribution in [-0.4, -0.2) is 0 Å². The number of hydrogen-bond donors (Lipinski definition) is 0. The zero-order valence-corrected chi connectivity index (χ0v) is 10.2. The Kier molecular flexibility index (Phi) is 2.10. The number of fused-ring (bicyclic) bond motifs is 3. The van der Waals surface area contributed by atoms with Gasteiger partial charge in [-0.2, -0.15) is 0 Å². The third-order valence-corrected chi connectivity index (χ3v) is 4.01. The van der Waals surface area contributed by atoms with Crippen LogP contribution in [0.4, 0.5) is 0 Å². The quantitative estimate of drug-likeness (QED) is 0.633. The van der Waals surface area contributed by atoms with Crippen molar-refractivity contribution in [2.45, 2.75) is 33.6 Å². The minimum absolute atomic E-state index is 0.701. The van der Waals surface area contributed by atoms with Crippen LogP contribution < -0.4 is 0 Å². The van der Waals surface area contributed by atoms with Gasteiger partial charge in [0.25, 0.3) is 0 Å². The molecule has 2 atom stereocenters. The lowest BCUT2D eigenvalue weighted by Crippen LogP contribution is -2.23. The second-order valence-electron chi connectivity index (χ2n) is 5.29. The van der Waals surface area contributed by atoms with Crippen molar-refractivity contribution in [3.8, 4) is 0 Å². The van der Waals surface area contributed by atoms with Gasteiger partial charge in [-0.3, -0.25) is 0 Å². The van der Waals surface area contributed by atoms with E-state index in [-0.39, 0.29) is 0 Å². The average Bonchev–Trinajstić information content (AvgIpc) is 2.60. The SMILES string of the molecule is CC1=CCC2C(=C1)c1c(C)coc1C[C@H]2C. The van der Waals surface area contributed by atoms with Crippen LogP contribution >= 0.6 is 0 Å². The number of rotatable bonds is 0. The highest BCUT2D eigenvalue weighted by Gasteiger charge is 2.33. The lowest BCUT2D eigenvalue weighted by molar-refractivity contribution is 0.377. The molecule has 3 rings (SSSR count). The number of furan rings is 1. The van der Waals surface area contributed by atoms with Crippen LogP contribution in [0.5, 0.6) is 0 Å². The molecule has 0 aromatic carbocycles. The summed E-state index contributed by atoms with van der Waals surface area (Å²) in [6.07, 6.45) is 8.92. The Morgan fingerprint density at radius 1 is 1.31 bits per heavy atom. The van der Waals surface area contributed by atoms with Gasteiger partial charge in [-0.15, -0.1) is 0 Å². The van der Waals surface area contributed by atoms with E-state index in [1.165, 1.54) is 34.5 Å². The molecule has 1 heterocycles. The fraction of sp³-hybridized carbons (Fsp3) is 0.467. The lowest BCUT2D eigenvalue weighted by Gasteiger charge is -2.33. The van der Waals surface area contributed by atoms with Gasteiger partial charge in [0.05, 0.1) is 6.26 Å². The van der Waals surface area contributed by atoms with Gasteiger partial charge in [-0.1, -0.05) is 24.6 Å². The molecular weight excluding hydrogens is 196 g/mol. The lowest BCUT2D eigenvalue weighted by atomic mass is 9.71. The second-order valence-corrected chi connectivity index (χ2v) is 5.29.